The predicted octanol–water partition coefficient (Wildman–Crippen LogP) is 3.32. The third kappa shape index (κ3) is 3.91. The number of hydrogen-bond donors (Lipinski definition) is 2. The van der Waals surface area contributed by atoms with Gasteiger partial charge in [-0.2, -0.15) is 0 Å². The van der Waals surface area contributed by atoms with Crippen LogP contribution in [0, 0.1) is 11.6 Å². The molecule has 0 aliphatic carbocycles. The molecule has 0 bridgehead atoms. The van der Waals surface area contributed by atoms with E-state index in [4.69, 9.17) is 0 Å². The number of amides is 1. The number of carbonyl (C=O) groups is 1. The Bertz CT molecular complexity index is 450. The van der Waals surface area contributed by atoms with Gasteiger partial charge >= 0.3 is 0 Å². The Balaban J connectivity index is 3.00. The molecule has 19 heavy (non-hydrogen) atoms. The molecule has 0 radical (unpaired) electrons. The largest absolute Gasteiger partial charge is 0.381 e. The average Bonchev–Trinajstić information content (AvgIpc) is 2.33. The van der Waals surface area contributed by atoms with Crippen LogP contribution in [0.1, 0.15) is 44.5 Å². The molecule has 0 unspecified atom stereocenters. The summed E-state index contributed by atoms with van der Waals surface area (Å²) in [5, 5.41) is 5.32. The fraction of sp³-hybridized carbons (Fsp3) is 0.500. The maximum Gasteiger partial charge on any atom is 0.251 e. The Kier molecular flexibility index (Phi) is 4.86. The van der Waals surface area contributed by atoms with Crippen LogP contribution in [0.3, 0.4) is 0 Å². The van der Waals surface area contributed by atoms with Gasteiger partial charge in [0.05, 0.1) is 0 Å². The fourth-order valence-electron chi connectivity index (χ4n) is 1.52. The van der Waals surface area contributed by atoms with E-state index in [9.17, 15) is 13.6 Å². The first-order valence-electron chi connectivity index (χ1n) is 6.36. The van der Waals surface area contributed by atoms with Gasteiger partial charge < -0.3 is 10.6 Å². The lowest BCUT2D eigenvalue weighted by molar-refractivity contribution is 0.0910. The number of rotatable bonds is 5. The highest BCUT2D eigenvalue weighted by Gasteiger charge is 2.21. The van der Waals surface area contributed by atoms with Crippen LogP contribution in [0.4, 0.5) is 14.5 Å². The van der Waals surface area contributed by atoms with Crippen molar-refractivity contribution in [3.8, 4) is 0 Å². The fourth-order valence-corrected chi connectivity index (χ4v) is 1.52. The third-order valence-electron chi connectivity index (χ3n) is 2.99. The van der Waals surface area contributed by atoms with E-state index in [1.807, 2.05) is 20.8 Å². The van der Waals surface area contributed by atoms with Crippen LogP contribution in [0.2, 0.25) is 0 Å². The zero-order valence-corrected chi connectivity index (χ0v) is 11.7. The summed E-state index contributed by atoms with van der Waals surface area (Å²) in [6.45, 7) is 7.77. The molecule has 0 aromatic heterocycles. The van der Waals surface area contributed by atoms with E-state index in [-0.39, 0.29) is 11.3 Å². The summed E-state index contributed by atoms with van der Waals surface area (Å²) < 4.78 is 27.4. The lowest BCUT2D eigenvalue weighted by atomic mass is 10.0. The SMILES string of the molecule is CCNc1c(F)cc(C(=O)NC(C)(C)CC)cc1F. The van der Waals surface area contributed by atoms with Crippen LogP contribution in [-0.4, -0.2) is 18.0 Å². The molecular weight excluding hydrogens is 250 g/mol. The summed E-state index contributed by atoms with van der Waals surface area (Å²) >= 11 is 0. The van der Waals surface area contributed by atoms with E-state index in [0.29, 0.717) is 6.54 Å². The number of hydrogen-bond acceptors (Lipinski definition) is 2. The predicted molar refractivity (Wildman–Crippen MR) is 72.4 cm³/mol. The molecule has 3 nitrogen and oxygen atoms in total. The summed E-state index contributed by atoms with van der Waals surface area (Å²) in [7, 11) is 0. The van der Waals surface area contributed by atoms with Crippen molar-refractivity contribution in [3.63, 3.8) is 0 Å². The zero-order valence-electron chi connectivity index (χ0n) is 11.7. The highest BCUT2D eigenvalue weighted by Crippen LogP contribution is 2.21. The Morgan fingerprint density at radius 1 is 1.21 bits per heavy atom. The molecule has 1 rings (SSSR count). The lowest BCUT2D eigenvalue weighted by Crippen LogP contribution is -2.42. The van der Waals surface area contributed by atoms with Gasteiger partial charge in [0.25, 0.3) is 5.91 Å². The van der Waals surface area contributed by atoms with Crippen LogP contribution in [0.5, 0.6) is 0 Å². The first-order chi connectivity index (χ1) is 8.80. The van der Waals surface area contributed by atoms with Crippen LogP contribution in [0.15, 0.2) is 12.1 Å². The maximum atomic E-state index is 13.7. The number of halogens is 2. The van der Waals surface area contributed by atoms with Crippen molar-refractivity contribution in [2.75, 3.05) is 11.9 Å². The van der Waals surface area contributed by atoms with Crippen molar-refractivity contribution in [2.24, 2.45) is 0 Å². The van der Waals surface area contributed by atoms with E-state index < -0.39 is 23.1 Å². The summed E-state index contributed by atoms with van der Waals surface area (Å²) in [6.07, 6.45) is 0.721. The van der Waals surface area contributed by atoms with E-state index in [0.717, 1.165) is 18.6 Å². The van der Waals surface area contributed by atoms with Crippen molar-refractivity contribution in [2.45, 2.75) is 39.7 Å². The standard InChI is InChI=1S/C14H20F2N2O/c1-5-14(3,4)18-13(19)9-7-10(15)12(17-6-2)11(16)8-9/h7-8,17H,5-6H2,1-4H3,(H,18,19). The Hall–Kier alpha value is -1.65. The first-order valence-corrected chi connectivity index (χ1v) is 6.36. The molecule has 2 N–H and O–H groups in total. The molecular formula is C14H20F2N2O. The molecule has 106 valence electrons. The Morgan fingerprint density at radius 2 is 1.74 bits per heavy atom. The van der Waals surface area contributed by atoms with Gasteiger partial charge in [0.1, 0.15) is 17.3 Å². The molecule has 0 aliphatic heterocycles. The van der Waals surface area contributed by atoms with Gasteiger partial charge in [-0.05, 0) is 39.3 Å². The van der Waals surface area contributed by atoms with Crippen LogP contribution in [0.25, 0.3) is 0 Å². The van der Waals surface area contributed by atoms with Gasteiger partial charge in [0, 0.05) is 17.6 Å². The van der Waals surface area contributed by atoms with Gasteiger partial charge in [-0.15, -0.1) is 0 Å². The van der Waals surface area contributed by atoms with Crippen LogP contribution in [-0.2, 0) is 0 Å². The second-order valence-electron chi connectivity index (χ2n) is 5.04. The molecule has 1 aromatic carbocycles. The third-order valence-corrected chi connectivity index (χ3v) is 2.99. The van der Waals surface area contributed by atoms with E-state index in [1.54, 1.807) is 6.92 Å². The second kappa shape index (κ2) is 5.99. The quantitative estimate of drug-likeness (QED) is 0.861. The van der Waals surface area contributed by atoms with Crippen molar-refractivity contribution in [1.29, 1.82) is 0 Å². The minimum Gasteiger partial charge on any atom is -0.381 e. The molecule has 1 aromatic rings. The minimum absolute atomic E-state index is 0.0156. The summed E-state index contributed by atoms with van der Waals surface area (Å²) in [5.74, 6) is -2.00. The monoisotopic (exact) mass is 270 g/mol. The Morgan fingerprint density at radius 3 is 2.16 bits per heavy atom. The highest BCUT2D eigenvalue weighted by atomic mass is 19.1. The van der Waals surface area contributed by atoms with Gasteiger partial charge in [0.2, 0.25) is 0 Å². The van der Waals surface area contributed by atoms with Crippen LogP contribution < -0.4 is 10.6 Å². The van der Waals surface area contributed by atoms with E-state index in [1.165, 1.54) is 0 Å². The van der Waals surface area contributed by atoms with Gasteiger partial charge in [-0.1, -0.05) is 6.92 Å². The molecule has 5 heteroatoms. The number of anilines is 1. The molecule has 1 amide bonds. The van der Waals surface area contributed by atoms with Crippen molar-refractivity contribution in [1.82, 2.24) is 5.32 Å². The molecule has 0 spiro atoms. The lowest BCUT2D eigenvalue weighted by Gasteiger charge is -2.24. The number of benzene rings is 1. The topological polar surface area (TPSA) is 41.1 Å². The molecule has 0 saturated heterocycles. The number of nitrogens with one attached hydrogen (secondary N) is 2. The summed E-state index contributed by atoms with van der Waals surface area (Å²) in [6, 6.07) is 2.09. The Labute approximate surface area is 112 Å². The average molecular weight is 270 g/mol. The highest BCUT2D eigenvalue weighted by molar-refractivity contribution is 5.95. The molecule has 0 fully saturated rings. The smallest absolute Gasteiger partial charge is 0.251 e. The normalized spacial score (nSPS) is 11.3. The summed E-state index contributed by atoms with van der Waals surface area (Å²) in [5.41, 5.74) is -0.628. The molecule has 0 aliphatic rings. The van der Waals surface area contributed by atoms with Crippen molar-refractivity contribution >= 4 is 11.6 Å². The maximum absolute atomic E-state index is 13.7. The van der Waals surface area contributed by atoms with Gasteiger partial charge in [-0.3, -0.25) is 4.79 Å². The molecule has 0 heterocycles. The number of carbonyl (C=O) groups excluding carboxylic acids is 1. The minimum atomic E-state index is -0.763. The van der Waals surface area contributed by atoms with Crippen molar-refractivity contribution < 1.29 is 13.6 Å². The summed E-state index contributed by atoms with van der Waals surface area (Å²) in [4.78, 5) is 11.9. The van der Waals surface area contributed by atoms with E-state index >= 15 is 0 Å². The van der Waals surface area contributed by atoms with Crippen molar-refractivity contribution in [3.05, 3.63) is 29.3 Å². The molecule has 0 saturated carbocycles. The molecule has 0 atom stereocenters. The second-order valence-corrected chi connectivity index (χ2v) is 5.04. The van der Waals surface area contributed by atoms with Crippen LogP contribution >= 0.6 is 0 Å². The van der Waals surface area contributed by atoms with Gasteiger partial charge in [-0.25, -0.2) is 8.78 Å². The van der Waals surface area contributed by atoms with Gasteiger partial charge in [0.15, 0.2) is 0 Å². The first kappa shape index (κ1) is 15.4. The van der Waals surface area contributed by atoms with E-state index in [2.05, 4.69) is 10.6 Å². The zero-order chi connectivity index (χ0) is 14.6.